The summed E-state index contributed by atoms with van der Waals surface area (Å²) in [6, 6.07) is 7.77. The summed E-state index contributed by atoms with van der Waals surface area (Å²) in [5.41, 5.74) is 2.03. The Hall–Kier alpha value is -1.81. The van der Waals surface area contributed by atoms with E-state index in [-0.39, 0.29) is 5.91 Å². The highest BCUT2D eigenvalue weighted by atomic mass is 16.5. The molecule has 0 aliphatic carbocycles. The highest BCUT2D eigenvalue weighted by molar-refractivity contribution is 5.95. The first-order valence-corrected chi connectivity index (χ1v) is 6.90. The smallest absolute Gasteiger partial charge is 0.246 e. The van der Waals surface area contributed by atoms with Crippen molar-refractivity contribution in [1.29, 1.82) is 0 Å². The van der Waals surface area contributed by atoms with E-state index < -0.39 is 0 Å². The number of methoxy groups -OCH3 is 1. The fourth-order valence-electron chi connectivity index (χ4n) is 2.24. The van der Waals surface area contributed by atoms with Gasteiger partial charge in [0.25, 0.3) is 0 Å². The highest BCUT2D eigenvalue weighted by Gasteiger charge is 2.17. The van der Waals surface area contributed by atoms with Crippen molar-refractivity contribution in [3.8, 4) is 5.75 Å². The van der Waals surface area contributed by atoms with Crippen molar-refractivity contribution < 1.29 is 9.53 Å². The highest BCUT2D eigenvalue weighted by Crippen LogP contribution is 2.18. The quantitative estimate of drug-likeness (QED) is 0.789. The molecule has 108 valence electrons. The fourth-order valence-corrected chi connectivity index (χ4v) is 2.24. The summed E-state index contributed by atoms with van der Waals surface area (Å²) in [5.74, 6) is 0.929. The van der Waals surface area contributed by atoms with E-state index >= 15 is 0 Å². The van der Waals surface area contributed by atoms with Gasteiger partial charge in [-0.3, -0.25) is 4.79 Å². The normalized spacial score (nSPS) is 17.1. The van der Waals surface area contributed by atoms with Crippen LogP contribution in [-0.4, -0.2) is 56.0 Å². The Labute approximate surface area is 120 Å². The van der Waals surface area contributed by atoms with Crippen LogP contribution in [0.4, 0.5) is 0 Å². The topological polar surface area (TPSA) is 32.8 Å². The summed E-state index contributed by atoms with van der Waals surface area (Å²) in [4.78, 5) is 16.4. The average Bonchev–Trinajstić information content (AvgIpc) is 2.48. The lowest BCUT2D eigenvalue weighted by Crippen LogP contribution is -2.46. The van der Waals surface area contributed by atoms with Crippen molar-refractivity contribution in [1.82, 2.24) is 9.80 Å². The number of likely N-dealkylation sites (N-methyl/N-ethyl adjacent to an activating group) is 1. The van der Waals surface area contributed by atoms with E-state index in [1.807, 2.05) is 36.1 Å². The molecule has 1 aliphatic rings. The molecule has 0 unspecified atom stereocenters. The Morgan fingerprint density at radius 2 is 1.75 bits per heavy atom. The number of allylic oxidation sites excluding steroid dienone is 1. The molecule has 1 aromatic carbocycles. The third-order valence-corrected chi connectivity index (χ3v) is 3.70. The van der Waals surface area contributed by atoms with Crippen molar-refractivity contribution in [3.05, 3.63) is 35.9 Å². The molecule has 0 radical (unpaired) electrons. The number of piperazine rings is 1. The van der Waals surface area contributed by atoms with Gasteiger partial charge in [0, 0.05) is 32.3 Å². The minimum Gasteiger partial charge on any atom is -0.497 e. The van der Waals surface area contributed by atoms with Crippen molar-refractivity contribution in [2.24, 2.45) is 0 Å². The van der Waals surface area contributed by atoms with Crippen molar-refractivity contribution >= 4 is 11.5 Å². The second kappa shape index (κ2) is 6.57. The van der Waals surface area contributed by atoms with Gasteiger partial charge in [0.15, 0.2) is 0 Å². The van der Waals surface area contributed by atoms with Gasteiger partial charge in [0.1, 0.15) is 5.75 Å². The Morgan fingerprint density at radius 1 is 1.15 bits per heavy atom. The molecule has 1 fully saturated rings. The van der Waals surface area contributed by atoms with Crippen LogP contribution in [0.2, 0.25) is 0 Å². The predicted molar refractivity (Wildman–Crippen MR) is 80.7 cm³/mol. The number of hydrogen-bond acceptors (Lipinski definition) is 3. The van der Waals surface area contributed by atoms with Gasteiger partial charge in [-0.05, 0) is 37.2 Å². The minimum absolute atomic E-state index is 0.103. The van der Waals surface area contributed by atoms with Gasteiger partial charge in [0.05, 0.1) is 7.11 Å². The van der Waals surface area contributed by atoms with E-state index in [0.29, 0.717) is 0 Å². The molecule has 1 aromatic rings. The first kappa shape index (κ1) is 14.6. The molecule has 0 spiro atoms. The monoisotopic (exact) mass is 274 g/mol. The van der Waals surface area contributed by atoms with Crippen LogP contribution >= 0.6 is 0 Å². The molecular formula is C16H22N2O2. The molecule has 1 amide bonds. The summed E-state index contributed by atoms with van der Waals surface area (Å²) in [6.07, 6.45) is 1.73. The molecule has 2 rings (SSSR count). The van der Waals surface area contributed by atoms with Crippen LogP contribution in [0, 0.1) is 0 Å². The Kier molecular flexibility index (Phi) is 4.79. The van der Waals surface area contributed by atoms with Gasteiger partial charge >= 0.3 is 0 Å². The first-order chi connectivity index (χ1) is 9.60. The number of hydrogen-bond donors (Lipinski definition) is 0. The summed E-state index contributed by atoms with van der Waals surface area (Å²) < 4.78 is 5.14. The van der Waals surface area contributed by atoms with Crippen LogP contribution in [0.1, 0.15) is 12.5 Å². The molecule has 0 aromatic heterocycles. The zero-order valence-electron chi connectivity index (χ0n) is 12.4. The summed E-state index contributed by atoms with van der Waals surface area (Å²) in [6.45, 7) is 5.47. The van der Waals surface area contributed by atoms with Gasteiger partial charge in [-0.25, -0.2) is 0 Å². The van der Waals surface area contributed by atoms with Crippen LogP contribution in [0.25, 0.3) is 5.57 Å². The van der Waals surface area contributed by atoms with Crippen molar-refractivity contribution in [2.75, 3.05) is 40.3 Å². The second-order valence-corrected chi connectivity index (χ2v) is 5.18. The zero-order valence-corrected chi connectivity index (χ0v) is 12.4. The number of nitrogens with zero attached hydrogens (tertiary/aromatic N) is 2. The lowest BCUT2D eigenvalue weighted by Gasteiger charge is -2.31. The number of amides is 1. The number of carbonyl (C=O) groups is 1. The van der Waals surface area contributed by atoms with Gasteiger partial charge in [0.2, 0.25) is 5.91 Å². The van der Waals surface area contributed by atoms with Gasteiger partial charge in [-0.15, -0.1) is 0 Å². The SMILES string of the molecule is COc1ccc(/C(C)=C/C(=O)N2CCN(C)CC2)cc1. The number of benzene rings is 1. The number of rotatable bonds is 3. The lowest BCUT2D eigenvalue weighted by atomic mass is 10.1. The van der Waals surface area contributed by atoms with E-state index in [2.05, 4.69) is 11.9 Å². The maximum Gasteiger partial charge on any atom is 0.246 e. The third-order valence-electron chi connectivity index (χ3n) is 3.70. The third kappa shape index (κ3) is 3.61. The van der Waals surface area contributed by atoms with E-state index in [4.69, 9.17) is 4.74 Å². The van der Waals surface area contributed by atoms with Crippen LogP contribution < -0.4 is 4.74 Å². The minimum atomic E-state index is 0.103. The fraction of sp³-hybridized carbons (Fsp3) is 0.438. The lowest BCUT2D eigenvalue weighted by molar-refractivity contribution is -0.127. The molecule has 0 bridgehead atoms. The van der Waals surface area contributed by atoms with Crippen LogP contribution in [-0.2, 0) is 4.79 Å². The van der Waals surface area contributed by atoms with Gasteiger partial charge in [-0.1, -0.05) is 12.1 Å². The van der Waals surface area contributed by atoms with E-state index in [1.165, 1.54) is 0 Å². The molecule has 1 saturated heterocycles. The van der Waals surface area contributed by atoms with Crippen molar-refractivity contribution in [2.45, 2.75) is 6.92 Å². The van der Waals surface area contributed by atoms with E-state index in [1.54, 1.807) is 13.2 Å². The average molecular weight is 274 g/mol. The largest absolute Gasteiger partial charge is 0.497 e. The van der Waals surface area contributed by atoms with E-state index in [0.717, 1.165) is 43.1 Å². The maximum absolute atomic E-state index is 12.2. The predicted octanol–water partition coefficient (Wildman–Crippen LogP) is 1.87. The molecule has 20 heavy (non-hydrogen) atoms. The number of carbonyl (C=O) groups excluding carboxylic acids is 1. The van der Waals surface area contributed by atoms with Crippen LogP contribution in [0.3, 0.4) is 0 Å². The van der Waals surface area contributed by atoms with Gasteiger partial charge < -0.3 is 14.5 Å². The Morgan fingerprint density at radius 3 is 2.30 bits per heavy atom. The molecule has 0 N–H and O–H groups in total. The maximum atomic E-state index is 12.2. The summed E-state index contributed by atoms with van der Waals surface area (Å²) >= 11 is 0. The molecule has 1 aliphatic heterocycles. The first-order valence-electron chi connectivity index (χ1n) is 6.90. The molecule has 0 atom stereocenters. The summed E-state index contributed by atoms with van der Waals surface area (Å²) in [5, 5.41) is 0. The molecule has 4 nitrogen and oxygen atoms in total. The second-order valence-electron chi connectivity index (χ2n) is 5.18. The van der Waals surface area contributed by atoms with E-state index in [9.17, 15) is 4.79 Å². The Balaban J connectivity index is 2.03. The van der Waals surface area contributed by atoms with Crippen LogP contribution in [0.5, 0.6) is 5.75 Å². The molecule has 0 saturated carbocycles. The Bertz CT molecular complexity index is 486. The molecule has 4 heteroatoms. The summed E-state index contributed by atoms with van der Waals surface area (Å²) in [7, 11) is 3.73. The zero-order chi connectivity index (χ0) is 14.5. The molecule has 1 heterocycles. The standard InChI is InChI=1S/C16H22N2O2/c1-13(14-4-6-15(20-3)7-5-14)12-16(19)18-10-8-17(2)9-11-18/h4-7,12H,8-11H2,1-3H3/b13-12+. The number of ether oxygens (including phenoxy) is 1. The van der Waals surface area contributed by atoms with Gasteiger partial charge in [-0.2, -0.15) is 0 Å². The molecular weight excluding hydrogens is 252 g/mol. The van der Waals surface area contributed by atoms with Crippen molar-refractivity contribution in [3.63, 3.8) is 0 Å². The van der Waals surface area contributed by atoms with Crippen LogP contribution in [0.15, 0.2) is 30.3 Å².